The molecule has 0 saturated heterocycles. The molecule has 0 radical (unpaired) electrons. The average Bonchev–Trinajstić information content (AvgIpc) is 2.68. The maximum atomic E-state index is 4.62. The lowest BCUT2D eigenvalue weighted by Gasteiger charge is -2.16. The molecule has 0 unspecified atom stereocenters. The third-order valence-electron chi connectivity index (χ3n) is 4.71. The zero-order valence-electron chi connectivity index (χ0n) is 15.2. The molecule has 1 nitrogen and oxygen atoms in total. The van der Waals surface area contributed by atoms with Crippen molar-refractivity contribution in [1.29, 1.82) is 0 Å². The van der Waals surface area contributed by atoms with Gasteiger partial charge in [-0.25, -0.2) is 0 Å². The fraction of sp³-hybridized carbons (Fsp3) is 0.292. The van der Waals surface area contributed by atoms with E-state index in [4.69, 9.17) is 0 Å². The van der Waals surface area contributed by atoms with Crippen molar-refractivity contribution in [2.75, 3.05) is 0 Å². The van der Waals surface area contributed by atoms with Gasteiger partial charge in [0.1, 0.15) is 0 Å². The van der Waals surface area contributed by atoms with Gasteiger partial charge in [0.2, 0.25) is 0 Å². The van der Waals surface area contributed by atoms with Gasteiger partial charge in [-0.1, -0.05) is 49.3 Å². The number of allylic oxidation sites excluding steroid dienone is 1. The third kappa shape index (κ3) is 5.02. The summed E-state index contributed by atoms with van der Waals surface area (Å²) in [5, 5.41) is 2.38. The number of aliphatic imine (C=N–C) groups is 1. The number of unbranched alkanes of at least 4 members (excludes halogenated alkanes) is 2. The van der Waals surface area contributed by atoms with E-state index in [9.17, 15) is 0 Å². The predicted octanol–water partition coefficient (Wildman–Crippen LogP) is 6.73. The Balaban J connectivity index is 1.71. The number of thiocarbonyl (C=S) groups is 1. The van der Waals surface area contributed by atoms with Crippen LogP contribution in [0.5, 0.6) is 0 Å². The molecule has 3 rings (SSSR count). The third-order valence-corrected chi connectivity index (χ3v) is 4.80. The second kappa shape index (κ2) is 9.30. The summed E-state index contributed by atoms with van der Waals surface area (Å²) in [4.78, 5) is 3.95. The molecule has 0 aliphatic heterocycles. The highest BCUT2D eigenvalue weighted by molar-refractivity contribution is 7.78. The van der Waals surface area contributed by atoms with Gasteiger partial charge in [-0.3, -0.25) is 0 Å². The second-order valence-corrected chi connectivity index (χ2v) is 6.86. The SMILES string of the molecule is CCCCCC1=Cc2ccc(C#Cc3ccc(N=C=S)cc3)cc2CC1. The topological polar surface area (TPSA) is 12.4 Å². The summed E-state index contributed by atoms with van der Waals surface area (Å²) in [6, 6.07) is 14.3. The number of hydrogen-bond donors (Lipinski definition) is 0. The zero-order chi connectivity index (χ0) is 18.2. The number of benzene rings is 2. The van der Waals surface area contributed by atoms with Gasteiger partial charge in [0, 0.05) is 11.1 Å². The first-order valence-corrected chi connectivity index (χ1v) is 9.71. The van der Waals surface area contributed by atoms with Crippen LogP contribution in [-0.4, -0.2) is 5.16 Å². The molecule has 0 spiro atoms. The van der Waals surface area contributed by atoms with Crippen LogP contribution in [0.2, 0.25) is 0 Å². The number of aryl methyl sites for hydroxylation is 1. The van der Waals surface area contributed by atoms with Crippen molar-refractivity contribution in [2.24, 2.45) is 4.99 Å². The Kier molecular flexibility index (Phi) is 6.56. The van der Waals surface area contributed by atoms with Crippen molar-refractivity contribution in [1.82, 2.24) is 0 Å². The van der Waals surface area contributed by atoms with E-state index in [2.05, 4.69) is 65.4 Å². The second-order valence-electron chi connectivity index (χ2n) is 6.67. The van der Waals surface area contributed by atoms with Crippen LogP contribution in [0.3, 0.4) is 0 Å². The van der Waals surface area contributed by atoms with Gasteiger partial charge in [0.15, 0.2) is 0 Å². The smallest absolute Gasteiger partial charge is 0.0740 e. The molecule has 0 heterocycles. The minimum atomic E-state index is 0.806. The molecule has 0 bridgehead atoms. The number of isothiocyanates is 1. The summed E-state index contributed by atoms with van der Waals surface area (Å²) in [5.41, 5.74) is 7.25. The predicted molar refractivity (Wildman–Crippen MR) is 114 cm³/mol. The molecule has 0 N–H and O–H groups in total. The van der Waals surface area contributed by atoms with E-state index >= 15 is 0 Å². The summed E-state index contributed by atoms with van der Waals surface area (Å²) in [5.74, 6) is 6.50. The Bertz CT molecular complexity index is 903. The maximum Gasteiger partial charge on any atom is 0.0740 e. The van der Waals surface area contributed by atoms with Gasteiger partial charge in [0.05, 0.1) is 10.8 Å². The Morgan fingerprint density at radius 2 is 1.73 bits per heavy atom. The average molecular weight is 358 g/mol. The molecule has 0 amide bonds. The lowest BCUT2D eigenvalue weighted by atomic mass is 9.89. The van der Waals surface area contributed by atoms with Crippen molar-refractivity contribution in [2.45, 2.75) is 45.4 Å². The number of rotatable bonds is 5. The van der Waals surface area contributed by atoms with Crippen LogP contribution in [0, 0.1) is 11.8 Å². The fourth-order valence-corrected chi connectivity index (χ4v) is 3.35. The maximum absolute atomic E-state index is 4.62. The Hall–Kier alpha value is -2.46. The molecular weight excluding hydrogens is 334 g/mol. The van der Waals surface area contributed by atoms with Crippen molar-refractivity contribution >= 4 is 29.1 Å². The first-order valence-electron chi connectivity index (χ1n) is 9.31. The molecule has 0 aromatic heterocycles. The van der Waals surface area contributed by atoms with E-state index in [-0.39, 0.29) is 0 Å². The molecule has 2 aromatic rings. The number of fused-ring (bicyclic) bond motifs is 1. The molecule has 2 heteroatoms. The Labute approximate surface area is 161 Å². The van der Waals surface area contributed by atoms with Crippen molar-refractivity contribution in [3.05, 3.63) is 70.3 Å². The normalized spacial score (nSPS) is 12.3. The van der Waals surface area contributed by atoms with Crippen molar-refractivity contribution < 1.29 is 0 Å². The van der Waals surface area contributed by atoms with Crippen LogP contribution < -0.4 is 0 Å². The van der Waals surface area contributed by atoms with E-state index in [1.54, 1.807) is 5.57 Å². The van der Waals surface area contributed by atoms with Crippen LogP contribution in [-0.2, 0) is 6.42 Å². The lowest BCUT2D eigenvalue weighted by Crippen LogP contribution is -2.00. The van der Waals surface area contributed by atoms with Crippen molar-refractivity contribution in [3.8, 4) is 11.8 Å². The largest absolute Gasteiger partial charge is 0.195 e. The van der Waals surface area contributed by atoms with E-state index in [0.717, 1.165) is 23.2 Å². The highest BCUT2D eigenvalue weighted by atomic mass is 32.1. The van der Waals surface area contributed by atoms with Gasteiger partial charge < -0.3 is 0 Å². The first-order chi connectivity index (χ1) is 12.8. The lowest BCUT2D eigenvalue weighted by molar-refractivity contribution is 0.694. The van der Waals surface area contributed by atoms with Gasteiger partial charge in [-0.05, 0) is 85.4 Å². The number of nitrogens with zero attached hydrogens (tertiary/aromatic N) is 1. The minimum absolute atomic E-state index is 0.806. The molecule has 0 fully saturated rings. The molecule has 2 aromatic carbocycles. The minimum Gasteiger partial charge on any atom is -0.195 e. The standard InChI is InChI=1S/C24H23NS/c1-2-3-4-5-20-8-12-23-17-21(9-13-22(23)16-20)7-6-19-10-14-24(15-11-19)25-18-26/h9-11,13-17H,2-5,8,12H2,1H3. The van der Waals surface area contributed by atoms with E-state index in [1.807, 2.05) is 24.3 Å². The quantitative estimate of drug-likeness (QED) is 0.250. The van der Waals surface area contributed by atoms with Crippen LogP contribution in [0.15, 0.2) is 53.0 Å². The summed E-state index contributed by atoms with van der Waals surface area (Å²) in [6.07, 6.45) is 9.89. The number of hydrogen-bond acceptors (Lipinski definition) is 2. The van der Waals surface area contributed by atoms with Crippen LogP contribution in [0.4, 0.5) is 5.69 Å². The molecule has 26 heavy (non-hydrogen) atoms. The Morgan fingerprint density at radius 1 is 0.962 bits per heavy atom. The Morgan fingerprint density at radius 3 is 2.50 bits per heavy atom. The van der Waals surface area contributed by atoms with Gasteiger partial charge in [0.25, 0.3) is 0 Å². The molecule has 130 valence electrons. The van der Waals surface area contributed by atoms with Crippen molar-refractivity contribution in [3.63, 3.8) is 0 Å². The summed E-state index contributed by atoms with van der Waals surface area (Å²) in [7, 11) is 0. The van der Waals surface area contributed by atoms with Gasteiger partial charge in [-0.2, -0.15) is 4.99 Å². The summed E-state index contributed by atoms with van der Waals surface area (Å²) >= 11 is 4.62. The van der Waals surface area contributed by atoms with Crippen LogP contribution >= 0.6 is 12.2 Å². The summed E-state index contributed by atoms with van der Waals surface area (Å²) < 4.78 is 0. The van der Waals surface area contributed by atoms with E-state index in [0.29, 0.717) is 0 Å². The molecular formula is C24H23NS. The molecule has 0 saturated carbocycles. The fourth-order valence-electron chi connectivity index (χ4n) is 3.24. The van der Waals surface area contributed by atoms with Gasteiger partial charge >= 0.3 is 0 Å². The first kappa shape index (κ1) is 18.3. The van der Waals surface area contributed by atoms with E-state index in [1.165, 1.54) is 43.2 Å². The van der Waals surface area contributed by atoms with Crippen LogP contribution in [0.1, 0.15) is 61.3 Å². The summed E-state index contributed by atoms with van der Waals surface area (Å²) in [6.45, 7) is 2.26. The highest BCUT2D eigenvalue weighted by Crippen LogP contribution is 2.27. The van der Waals surface area contributed by atoms with Gasteiger partial charge in [-0.15, -0.1) is 0 Å². The zero-order valence-corrected chi connectivity index (χ0v) is 16.0. The van der Waals surface area contributed by atoms with Crippen LogP contribution in [0.25, 0.3) is 6.08 Å². The molecule has 0 atom stereocenters. The molecule has 1 aliphatic carbocycles. The van der Waals surface area contributed by atoms with E-state index < -0.39 is 0 Å². The monoisotopic (exact) mass is 357 g/mol. The molecule has 1 aliphatic rings. The highest BCUT2D eigenvalue weighted by Gasteiger charge is 2.10.